The van der Waals surface area contributed by atoms with E-state index in [1.54, 1.807) is 6.20 Å². The molecule has 1 N–H and O–H groups in total. The van der Waals surface area contributed by atoms with Crippen LogP contribution in [0.3, 0.4) is 0 Å². The molecule has 0 aromatic heterocycles. The van der Waals surface area contributed by atoms with Gasteiger partial charge in [0, 0.05) is 45.3 Å². The first-order valence-corrected chi connectivity index (χ1v) is 9.10. The first-order valence-electron chi connectivity index (χ1n) is 9.10. The molecule has 2 amide bonds. The van der Waals surface area contributed by atoms with E-state index in [1.165, 1.54) is 0 Å². The van der Waals surface area contributed by atoms with Gasteiger partial charge in [-0.15, -0.1) is 0 Å². The van der Waals surface area contributed by atoms with Gasteiger partial charge in [0.25, 0.3) is 5.91 Å². The number of amides is 2. The molecule has 1 aliphatic heterocycles. The van der Waals surface area contributed by atoms with Crippen molar-refractivity contribution in [1.29, 1.82) is 5.26 Å². The van der Waals surface area contributed by atoms with Crippen LogP contribution >= 0.6 is 0 Å². The standard InChI is InChI=1S/C20H26N4O2/c1-2-23(15-17-8-4-3-5-9-17)16-18(14-21)20(26)22-11-7-13-24-12-6-10-19(24)25/h3-5,8-9,16H,2,6-7,10-13,15H2,1H3,(H,22,26)/b18-16-. The summed E-state index contributed by atoms with van der Waals surface area (Å²) in [5.41, 5.74) is 1.22. The van der Waals surface area contributed by atoms with E-state index in [0.29, 0.717) is 39.0 Å². The molecule has 138 valence electrons. The fourth-order valence-electron chi connectivity index (χ4n) is 2.90. The lowest BCUT2D eigenvalue weighted by molar-refractivity contribution is -0.127. The molecule has 6 heteroatoms. The molecule has 26 heavy (non-hydrogen) atoms. The SMILES string of the molecule is CCN(/C=C(/C#N)C(=O)NCCCN1CCCC1=O)Cc1ccccc1. The van der Waals surface area contributed by atoms with Crippen LogP contribution in [0.4, 0.5) is 0 Å². The molecular formula is C20H26N4O2. The Labute approximate surface area is 155 Å². The number of benzene rings is 1. The molecule has 1 fully saturated rings. The van der Waals surface area contributed by atoms with E-state index in [-0.39, 0.29) is 17.4 Å². The molecular weight excluding hydrogens is 328 g/mol. The second-order valence-electron chi connectivity index (χ2n) is 6.30. The third-order valence-corrected chi connectivity index (χ3v) is 4.37. The molecule has 1 aromatic carbocycles. The summed E-state index contributed by atoms with van der Waals surface area (Å²) in [5, 5.41) is 12.1. The van der Waals surface area contributed by atoms with Crippen molar-refractivity contribution in [2.45, 2.75) is 32.7 Å². The highest BCUT2D eigenvalue weighted by Crippen LogP contribution is 2.09. The summed E-state index contributed by atoms with van der Waals surface area (Å²) in [6, 6.07) is 11.9. The van der Waals surface area contributed by atoms with Gasteiger partial charge in [0.1, 0.15) is 11.6 Å². The van der Waals surface area contributed by atoms with Crippen molar-refractivity contribution in [1.82, 2.24) is 15.1 Å². The molecule has 2 rings (SSSR count). The summed E-state index contributed by atoms with van der Waals surface area (Å²) in [4.78, 5) is 27.5. The van der Waals surface area contributed by atoms with Crippen molar-refractivity contribution < 1.29 is 9.59 Å². The zero-order valence-corrected chi connectivity index (χ0v) is 15.3. The van der Waals surface area contributed by atoms with E-state index in [2.05, 4.69) is 5.32 Å². The van der Waals surface area contributed by atoms with Crippen molar-refractivity contribution in [3.05, 3.63) is 47.7 Å². The number of nitrogens with one attached hydrogen (secondary N) is 1. The monoisotopic (exact) mass is 354 g/mol. The second kappa shape index (κ2) is 10.2. The maximum absolute atomic E-state index is 12.2. The van der Waals surface area contributed by atoms with Gasteiger partial charge in [0.05, 0.1) is 0 Å². The zero-order valence-electron chi connectivity index (χ0n) is 15.3. The Morgan fingerprint density at radius 1 is 1.38 bits per heavy atom. The van der Waals surface area contributed by atoms with Crippen molar-refractivity contribution in [3.8, 4) is 6.07 Å². The Bertz CT molecular complexity index is 679. The number of nitriles is 1. The lowest BCUT2D eigenvalue weighted by Crippen LogP contribution is -2.31. The van der Waals surface area contributed by atoms with Gasteiger partial charge in [0.2, 0.25) is 5.91 Å². The van der Waals surface area contributed by atoms with Crippen LogP contribution in [-0.2, 0) is 16.1 Å². The van der Waals surface area contributed by atoms with Crippen LogP contribution in [0, 0.1) is 11.3 Å². The number of rotatable bonds is 9. The Balaban J connectivity index is 1.82. The van der Waals surface area contributed by atoms with E-state index < -0.39 is 0 Å². The molecule has 0 saturated carbocycles. The zero-order chi connectivity index (χ0) is 18.8. The summed E-state index contributed by atoms with van der Waals surface area (Å²) in [6.07, 6.45) is 3.85. The molecule has 6 nitrogen and oxygen atoms in total. The molecule has 1 heterocycles. The summed E-state index contributed by atoms with van der Waals surface area (Å²) in [5.74, 6) is -0.180. The average molecular weight is 354 g/mol. The summed E-state index contributed by atoms with van der Waals surface area (Å²) >= 11 is 0. The lowest BCUT2D eigenvalue weighted by Gasteiger charge is -2.19. The molecule has 0 atom stereocenters. The van der Waals surface area contributed by atoms with Gasteiger partial charge in [-0.3, -0.25) is 9.59 Å². The van der Waals surface area contributed by atoms with Crippen LogP contribution < -0.4 is 5.32 Å². The van der Waals surface area contributed by atoms with Crippen molar-refractivity contribution in [3.63, 3.8) is 0 Å². The molecule has 1 saturated heterocycles. The molecule has 0 unspecified atom stereocenters. The maximum Gasteiger partial charge on any atom is 0.263 e. The minimum Gasteiger partial charge on any atom is -0.372 e. The third kappa shape index (κ3) is 5.92. The Hall–Kier alpha value is -2.81. The molecule has 0 aliphatic carbocycles. The van der Waals surface area contributed by atoms with Crippen molar-refractivity contribution in [2.24, 2.45) is 0 Å². The Kier molecular flexibility index (Phi) is 7.69. The van der Waals surface area contributed by atoms with Crippen molar-refractivity contribution >= 4 is 11.8 Å². The molecule has 1 aromatic rings. The van der Waals surface area contributed by atoms with Gasteiger partial charge in [0.15, 0.2) is 0 Å². The molecule has 0 radical (unpaired) electrons. The topological polar surface area (TPSA) is 76.4 Å². The van der Waals surface area contributed by atoms with Crippen LogP contribution in [0.1, 0.15) is 31.7 Å². The fraction of sp³-hybridized carbons (Fsp3) is 0.450. The fourth-order valence-corrected chi connectivity index (χ4v) is 2.90. The largest absolute Gasteiger partial charge is 0.372 e. The van der Waals surface area contributed by atoms with Gasteiger partial charge >= 0.3 is 0 Å². The van der Waals surface area contributed by atoms with Crippen LogP contribution in [0.2, 0.25) is 0 Å². The summed E-state index contributed by atoms with van der Waals surface area (Å²) < 4.78 is 0. The van der Waals surface area contributed by atoms with E-state index >= 15 is 0 Å². The van der Waals surface area contributed by atoms with Gasteiger partial charge in [-0.2, -0.15) is 5.26 Å². The van der Waals surface area contributed by atoms with Gasteiger partial charge < -0.3 is 15.1 Å². The third-order valence-electron chi connectivity index (χ3n) is 4.37. The highest BCUT2D eigenvalue weighted by atomic mass is 16.2. The normalized spacial score (nSPS) is 14.2. The predicted octanol–water partition coefficient (Wildman–Crippen LogP) is 2.04. The quantitative estimate of drug-likeness (QED) is 0.418. The number of hydrogen-bond acceptors (Lipinski definition) is 4. The van der Waals surface area contributed by atoms with Crippen LogP contribution in [0.5, 0.6) is 0 Å². The number of nitrogens with zero attached hydrogens (tertiary/aromatic N) is 3. The van der Waals surface area contributed by atoms with Crippen molar-refractivity contribution in [2.75, 3.05) is 26.2 Å². The number of hydrogen-bond donors (Lipinski definition) is 1. The average Bonchev–Trinajstić information content (AvgIpc) is 3.07. The van der Waals surface area contributed by atoms with Gasteiger partial charge in [-0.1, -0.05) is 30.3 Å². The molecule has 0 spiro atoms. The number of carbonyl (C=O) groups is 2. The van der Waals surface area contributed by atoms with Crippen LogP contribution in [0.15, 0.2) is 42.1 Å². The maximum atomic E-state index is 12.2. The Morgan fingerprint density at radius 3 is 2.77 bits per heavy atom. The summed E-state index contributed by atoms with van der Waals surface area (Å²) in [6.45, 7) is 5.24. The second-order valence-corrected chi connectivity index (χ2v) is 6.30. The van der Waals surface area contributed by atoms with E-state index in [4.69, 9.17) is 0 Å². The van der Waals surface area contributed by atoms with E-state index in [0.717, 1.165) is 18.5 Å². The predicted molar refractivity (Wildman–Crippen MR) is 99.7 cm³/mol. The van der Waals surface area contributed by atoms with E-state index in [1.807, 2.05) is 53.1 Å². The van der Waals surface area contributed by atoms with Crippen LogP contribution in [0.25, 0.3) is 0 Å². The molecule has 1 aliphatic rings. The summed E-state index contributed by atoms with van der Waals surface area (Å²) in [7, 11) is 0. The minimum atomic E-state index is -0.369. The van der Waals surface area contributed by atoms with Gasteiger partial charge in [-0.05, 0) is 25.3 Å². The highest BCUT2D eigenvalue weighted by molar-refractivity contribution is 5.97. The molecule has 0 bridgehead atoms. The Morgan fingerprint density at radius 2 is 2.15 bits per heavy atom. The van der Waals surface area contributed by atoms with Crippen LogP contribution in [-0.4, -0.2) is 47.8 Å². The highest BCUT2D eigenvalue weighted by Gasteiger charge is 2.19. The van der Waals surface area contributed by atoms with E-state index in [9.17, 15) is 14.9 Å². The first-order chi connectivity index (χ1) is 12.6. The lowest BCUT2D eigenvalue weighted by atomic mass is 10.2. The number of likely N-dealkylation sites (tertiary alicyclic amines) is 1. The van der Waals surface area contributed by atoms with Gasteiger partial charge in [-0.25, -0.2) is 0 Å². The number of carbonyl (C=O) groups excluding carboxylic acids is 2. The first kappa shape index (κ1) is 19.5. The smallest absolute Gasteiger partial charge is 0.263 e. The minimum absolute atomic E-state index is 0.0973.